The predicted octanol–water partition coefficient (Wildman–Crippen LogP) is 6.01. The van der Waals surface area contributed by atoms with E-state index < -0.39 is 23.5 Å². The van der Waals surface area contributed by atoms with Crippen molar-refractivity contribution in [3.8, 4) is 0 Å². The Kier molecular flexibility index (Phi) is 11.9. The van der Waals surface area contributed by atoms with Crippen LogP contribution in [0.5, 0.6) is 0 Å². The van der Waals surface area contributed by atoms with E-state index in [1.165, 1.54) is 15.9 Å². The zero-order valence-electron chi connectivity index (χ0n) is 21.7. The molecular formula is C31H24AgF3N2O3PS+. The van der Waals surface area contributed by atoms with E-state index in [4.69, 9.17) is 13.0 Å². The fourth-order valence-corrected chi connectivity index (χ4v) is 6.57. The number of benzene rings is 4. The van der Waals surface area contributed by atoms with Gasteiger partial charge < -0.3 is 4.55 Å². The van der Waals surface area contributed by atoms with Crippen LogP contribution in [0, 0.1) is 0 Å². The molecule has 0 saturated heterocycles. The van der Waals surface area contributed by atoms with Gasteiger partial charge in [0.25, 0.3) is 0 Å². The molecule has 2 aromatic heterocycles. The van der Waals surface area contributed by atoms with Gasteiger partial charge in [-0.2, -0.15) is 13.2 Å². The Hall–Kier alpha value is -3.43. The third kappa shape index (κ3) is 8.79. The van der Waals surface area contributed by atoms with E-state index in [1.807, 2.05) is 12.1 Å². The summed E-state index contributed by atoms with van der Waals surface area (Å²) < 4.78 is 58.9. The summed E-state index contributed by atoms with van der Waals surface area (Å²) >= 11 is 0. The zero-order chi connectivity index (χ0) is 29.3. The van der Waals surface area contributed by atoms with Gasteiger partial charge in [-0.1, -0.05) is 78.9 Å². The Morgan fingerprint density at radius 2 is 0.857 bits per heavy atom. The molecule has 0 atom stereocenters. The third-order valence-electron chi connectivity index (χ3n) is 5.82. The van der Waals surface area contributed by atoms with Crippen molar-refractivity contribution in [3.63, 3.8) is 0 Å². The maximum absolute atomic E-state index is 10.7. The molecule has 0 saturated carbocycles. The van der Waals surface area contributed by atoms with E-state index in [9.17, 15) is 13.2 Å². The van der Waals surface area contributed by atoms with Crippen LogP contribution < -0.4 is 15.9 Å². The second-order valence-electron chi connectivity index (χ2n) is 8.59. The molecule has 218 valence electrons. The van der Waals surface area contributed by atoms with E-state index >= 15 is 0 Å². The van der Waals surface area contributed by atoms with Crippen LogP contribution in [-0.4, -0.2) is 28.4 Å². The molecule has 6 rings (SSSR count). The minimum absolute atomic E-state index is 0. The van der Waals surface area contributed by atoms with Crippen LogP contribution in [0.2, 0.25) is 0 Å². The van der Waals surface area contributed by atoms with Gasteiger partial charge in [-0.15, -0.1) is 0 Å². The van der Waals surface area contributed by atoms with Crippen LogP contribution in [0.3, 0.4) is 0 Å². The van der Waals surface area contributed by atoms with Crippen molar-refractivity contribution in [1.29, 1.82) is 0 Å². The summed E-state index contributed by atoms with van der Waals surface area (Å²) in [7, 11) is -6.97. The van der Waals surface area contributed by atoms with Gasteiger partial charge >= 0.3 is 27.9 Å². The number of nitrogens with zero attached hydrogens (tertiary/aromatic N) is 2. The molecule has 0 N–H and O–H groups in total. The molecule has 0 aliphatic carbocycles. The molecule has 11 heteroatoms. The Bertz CT molecular complexity index is 1670. The van der Waals surface area contributed by atoms with Gasteiger partial charge in [0.15, 0.2) is 10.1 Å². The van der Waals surface area contributed by atoms with Crippen molar-refractivity contribution in [2.75, 3.05) is 0 Å². The topological polar surface area (TPSA) is 83.0 Å². The first-order valence-corrected chi connectivity index (χ1v) is 15.2. The normalized spacial score (nSPS) is 11.1. The summed E-state index contributed by atoms with van der Waals surface area (Å²) in [6.07, 6.45) is 3.60. The fraction of sp³-hybridized carbons (Fsp3) is 0.0323. The van der Waals surface area contributed by atoms with Crippen molar-refractivity contribution < 1.29 is 48.5 Å². The molecule has 0 radical (unpaired) electrons. The van der Waals surface area contributed by atoms with E-state index in [2.05, 4.69) is 125 Å². The van der Waals surface area contributed by atoms with Crippen molar-refractivity contribution in [2.45, 2.75) is 5.51 Å². The zero-order valence-corrected chi connectivity index (χ0v) is 25.0. The molecule has 0 unspecified atom stereocenters. The van der Waals surface area contributed by atoms with Gasteiger partial charge in [0.1, 0.15) is 15.9 Å². The van der Waals surface area contributed by atoms with Crippen LogP contribution in [-0.2, 0) is 32.5 Å². The molecule has 0 fully saturated rings. The minimum Gasteiger partial charge on any atom is -0.741 e. The third-order valence-corrected chi connectivity index (χ3v) is 9.11. The first-order chi connectivity index (χ1) is 19.6. The van der Waals surface area contributed by atoms with Crippen LogP contribution in [0.1, 0.15) is 0 Å². The molecule has 0 aliphatic rings. The second kappa shape index (κ2) is 15.2. The number of fused-ring (bicyclic) bond motifs is 3. The smallest absolute Gasteiger partial charge is 0.741 e. The molecule has 5 nitrogen and oxygen atoms in total. The molecule has 0 bridgehead atoms. The number of halogens is 3. The number of pyridine rings is 2. The van der Waals surface area contributed by atoms with Crippen LogP contribution in [0.15, 0.2) is 140 Å². The number of alkyl halides is 3. The Labute approximate surface area is 258 Å². The molecule has 0 spiro atoms. The van der Waals surface area contributed by atoms with Crippen molar-refractivity contribution in [3.05, 3.63) is 140 Å². The first kappa shape index (κ1) is 33.1. The fourth-order valence-electron chi connectivity index (χ4n) is 3.99. The first-order valence-electron chi connectivity index (χ1n) is 12.3. The maximum atomic E-state index is 10.7. The number of hydrogen-bond acceptors (Lipinski definition) is 5. The van der Waals surface area contributed by atoms with Gasteiger partial charge in [0.05, 0.1) is 19.0 Å². The quantitative estimate of drug-likeness (QED) is 0.0744. The van der Waals surface area contributed by atoms with Crippen molar-refractivity contribution >= 4 is 55.8 Å². The van der Waals surface area contributed by atoms with E-state index in [0.717, 1.165) is 21.8 Å². The average Bonchev–Trinajstić information content (AvgIpc) is 2.99. The van der Waals surface area contributed by atoms with Crippen LogP contribution in [0.4, 0.5) is 13.2 Å². The van der Waals surface area contributed by atoms with E-state index in [1.54, 1.807) is 12.4 Å². The number of rotatable bonds is 3. The molecule has 0 amide bonds. The van der Waals surface area contributed by atoms with Crippen LogP contribution in [0.25, 0.3) is 21.8 Å². The molecule has 42 heavy (non-hydrogen) atoms. The molecule has 4 aromatic carbocycles. The molecule has 2 heterocycles. The molecular weight excluding hydrogens is 676 g/mol. The van der Waals surface area contributed by atoms with Crippen LogP contribution >= 0.6 is 7.92 Å². The number of aromatic nitrogens is 2. The average molecular weight is 700 g/mol. The standard InChI is InChI=1S/C18H15P.C12H8N2.CHF3O3S.Ag/c1-4-10-16(11-5-1)19(17-12-6-2-7-13-17)18-14-8-3-9-15-18;1-3-9-5-6-10-4-2-8-14-12(10)11(9)13-7-1;2-1(3,4)8(5,6)7;/h1-15H;1-8H;(H,5,6,7);/q;;;+1. The van der Waals surface area contributed by atoms with E-state index in [0.29, 0.717) is 0 Å². The largest absolute Gasteiger partial charge is 1.00 e. The van der Waals surface area contributed by atoms with Gasteiger partial charge in [0.2, 0.25) is 0 Å². The van der Waals surface area contributed by atoms with Gasteiger partial charge in [-0.05, 0) is 48.5 Å². The van der Waals surface area contributed by atoms with Crippen molar-refractivity contribution in [2.24, 2.45) is 0 Å². The van der Waals surface area contributed by atoms with Crippen molar-refractivity contribution in [1.82, 2.24) is 9.97 Å². The summed E-state index contributed by atoms with van der Waals surface area (Å²) in [5.74, 6) is 0. The Morgan fingerprint density at radius 1 is 0.548 bits per heavy atom. The molecule has 0 aliphatic heterocycles. The van der Waals surface area contributed by atoms with Gasteiger partial charge in [-0.25, -0.2) is 8.42 Å². The summed E-state index contributed by atoms with van der Waals surface area (Å²) in [5.41, 5.74) is -3.69. The summed E-state index contributed by atoms with van der Waals surface area (Å²) in [5, 5.41) is 6.58. The monoisotopic (exact) mass is 699 g/mol. The predicted molar refractivity (Wildman–Crippen MR) is 159 cm³/mol. The summed E-state index contributed by atoms with van der Waals surface area (Å²) in [6, 6.07) is 44.6. The van der Waals surface area contributed by atoms with Gasteiger partial charge in [-0.3, -0.25) is 9.97 Å². The number of hydrogen-bond donors (Lipinski definition) is 0. The Morgan fingerprint density at radius 3 is 1.14 bits per heavy atom. The second-order valence-corrected chi connectivity index (χ2v) is 12.4. The Balaban J connectivity index is 0.000000186. The minimum atomic E-state index is -6.09. The maximum Gasteiger partial charge on any atom is 1.00 e. The SMILES string of the molecule is O=S(=O)([O-])C(F)(F)F.[Ag+].c1ccc([PH+](c2ccccc2)c2ccccc2)cc1.c1cnc2c(c1)ccc1cccnc12. The van der Waals surface area contributed by atoms with E-state index in [-0.39, 0.29) is 22.4 Å². The van der Waals surface area contributed by atoms with Gasteiger partial charge in [0, 0.05) is 23.2 Å². The summed E-state index contributed by atoms with van der Waals surface area (Å²) in [4.78, 5) is 8.69. The summed E-state index contributed by atoms with van der Waals surface area (Å²) in [6.45, 7) is 0. The molecule has 6 aromatic rings.